The fourth-order valence-electron chi connectivity index (χ4n) is 9.56. The second kappa shape index (κ2) is 15.2. The maximum absolute atomic E-state index is 6.88. The molecule has 0 spiro atoms. The summed E-state index contributed by atoms with van der Waals surface area (Å²) in [5.74, 6) is 0.637. The lowest BCUT2D eigenvalue weighted by Crippen LogP contribution is -2.08. The smallest absolute Gasteiger partial charge is 0.159 e. The predicted octanol–water partition coefficient (Wildman–Crippen LogP) is 16.0. The van der Waals surface area contributed by atoms with Crippen LogP contribution in [0.1, 0.15) is 29.7 Å². The number of hydrogen-bond acceptors (Lipinski definition) is 2. The van der Waals surface area contributed by atoms with E-state index in [0.29, 0.717) is 5.84 Å². The fourth-order valence-corrected chi connectivity index (χ4v) is 9.56. The summed E-state index contributed by atoms with van der Waals surface area (Å²) in [6, 6.07) is 72.9. The summed E-state index contributed by atoms with van der Waals surface area (Å²) < 4.78 is 9.28. The molecule has 0 aliphatic heterocycles. The number of fused-ring (bicyclic) bond motifs is 9. The highest BCUT2D eigenvalue weighted by atomic mass is 16.3. The van der Waals surface area contributed by atoms with Gasteiger partial charge in [-0.3, -0.25) is 4.99 Å². The summed E-state index contributed by atoms with van der Waals surface area (Å²) in [6.45, 7) is 6.40. The zero-order valence-electron chi connectivity index (χ0n) is 35.2. The van der Waals surface area contributed by atoms with Crippen LogP contribution in [0.3, 0.4) is 0 Å². The van der Waals surface area contributed by atoms with Crippen LogP contribution in [-0.2, 0) is 0 Å². The Balaban J connectivity index is 1.11. The Hall–Kier alpha value is -8.34. The molecule has 0 radical (unpaired) electrons. The number of nitrogens with zero attached hydrogens (tertiary/aromatic N) is 3. The number of benzene rings is 10. The van der Waals surface area contributed by atoms with E-state index in [1.165, 1.54) is 32.3 Å². The van der Waals surface area contributed by atoms with E-state index in [9.17, 15) is 0 Å². The monoisotopic (exact) mass is 819 g/mol. The summed E-state index contributed by atoms with van der Waals surface area (Å²) in [7, 11) is 0. The van der Waals surface area contributed by atoms with Crippen LogP contribution in [0, 0.1) is 0 Å². The molecule has 0 N–H and O–H groups in total. The molecule has 1 unspecified atom stereocenters. The molecule has 2 heterocycles. The molecule has 0 aliphatic carbocycles. The van der Waals surface area contributed by atoms with Crippen LogP contribution in [0.15, 0.2) is 233 Å². The summed E-state index contributed by atoms with van der Waals surface area (Å²) in [6.07, 6.45) is 1.91. The Morgan fingerprint density at radius 3 is 1.80 bits per heavy atom. The van der Waals surface area contributed by atoms with Gasteiger partial charge in [-0.05, 0) is 110 Å². The molecule has 0 amide bonds. The van der Waals surface area contributed by atoms with E-state index in [-0.39, 0.29) is 6.04 Å². The Bertz CT molecular complexity index is 3790. The second-order valence-corrected chi connectivity index (χ2v) is 16.6. The van der Waals surface area contributed by atoms with Gasteiger partial charge in [0, 0.05) is 32.8 Å². The number of amidine groups is 1. The number of para-hydroxylation sites is 1. The first kappa shape index (κ1) is 37.4. The van der Waals surface area contributed by atoms with E-state index in [2.05, 4.69) is 212 Å². The minimum absolute atomic E-state index is 0.354. The van der Waals surface area contributed by atoms with E-state index in [0.717, 1.165) is 83.0 Å². The lowest BCUT2D eigenvalue weighted by Gasteiger charge is -2.15. The summed E-state index contributed by atoms with van der Waals surface area (Å²) in [4.78, 5) is 11.0. The molecule has 0 fully saturated rings. The molecule has 0 saturated heterocycles. The maximum Gasteiger partial charge on any atom is 0.159 e. The van der Waals surface area contributed by atoms with Gasteiger partial charge in [0.05, 0.1) is 22.8 Å². The topological polar surface area (TPSA) is 42.8 Å². The molecular formula is C60H41N3O. The molecule has 4 nitrogen and oxygen atoms in total. The van der Waals surface area contributed by atoms with Crippen LogP contribution in [0.2, 0.25) is 0 Å². The highest BCUT2D eigenvalue weighted by molar-refractivity contribution is 6.21. The minimum Gasteiger partial charge on any atom is -0.454 e. The van der Waals surface area contributed by atoms with Crippen molar-refractivity contribution in [2.24, 2.45) is 9.98 Å². The Morgan fingerprint density at radius 1 is 0.516 bits per heavy atom. The van der Waals surface area contributed by atoms with Crippen LogP contribution >= 0.6 is 0 Å². The largest absolute Gasteiger partial charge is 0.454 e. The van der Waals surface area contributed by atoms with Gasteiger partial charge in [-0.15, -0.1) is 6.58 Å². The molecule has 10 aromatic carbocycles. The number of aromatic nitrogens is 1. The Labute approximate surface area is 370 Å². The third kappa shape index (κ3) is 6.30. The van der Waals surface area contributed by atoms with Gasteiger partial charge in [0.25, 0.3) is 0 Å². The van der Waals surface area contributed by atoms with E-state index in [1.54, 1.807) is 0 Å². The van der Waals surface area contributed by atoms with Gasteiger partial charge in [0.2, 0.25) is 0 Å². The summed E-state index contributed by atoms with van der Waals surface area (Å²) in [5, 5.41) is 11.5. The van der Waals surface area contributed by atoms with Crippen molar-refractivity contribution in [1.82, 2.24) is 4.57 Å². The molecule has 2 aromatic heterocycles. The molecule has 0 aliphatic rings. The average molecular weight is 820 g/mol. The molecule has 0 saturated carbocycles. The van der Waals surface area contributed by atoms with Gasteiger partial charge in [0.15, 0.2) is 11.4 Å². The van der Waals surface area contributed by atoms with E-state index in [1.807, 2.05) is 18.2 Å². The third-order valence-electron chi connectivity index (χ3n) is 12.7. The first-order chi connectivity index (χ1) is 31.6. The third-order valence-corrected chi connectivity index (χ3v) is 12.7. The van der Waals surface area contributed by atoms with Crippen molar-refractivity contribution >= 4 is 87.6 Å². The van der Waals surface area contributed by atoms with Gasteiger partial charge < -0.3 is 8.98 Å². The Morgan fingerprint density at radius 2 is 1.09 bits per heavy atom. The van der Waals surface area contributed by atoms with Crippen molar-refractivity contribution in [2.45, 2.75) is 13.0 Å². The first-order valence-corrected chi connectivity index (χ1v) is 21.8. The summed E-state index contributed by atoms with van der Waals surface area (Å²) >= 11 is 0. The van der Waals surface area contributed by atoms with Crippen molar-refractivity contribution in [3.05, 3.63) is 236 Å². The SMILES string of the molecule is C=CC(/N=C(\N=C(/C)c1cc(-n2c3cc4ccccc4cc3c3cc4ccccc4cc32)c2oc3ccccc3c2c1)c1cccc2ccccc12)c1cccc(-c2ccccc2)c1. The van der Waals surface area contributed by atoms with E-state index < -0.39 is 0 Å². The maximum atomic E-state index is 6.88. The fraction of sp³-hybridized carbons (Fsp3) is 0.0333. The van der Waals surface area contributed by atoms with Crippen molar-refractivity contribution in [3.8, 4) is 16.8 Å². The molecule has 12 aromatic rings. The van der Waals surface area contributed by atoms with E-state index in [4.69, 9.17) is 14.4 Å². The molecule has 0 bridgehead atoms. The van der Waals surface area contributed by atoms with Crippen molar-refractivity contribution in [3.63, 3.8) is 0 Å². The van der Waals surface area contributed by atoms with Crippen LogP contribution in [0.25, 0.3) is 92.9 Å². The number of rotatable bonds is 7. The molecule has 64 heavy (non-hydrogen) atoms. The van der Waals surface area contributed by atoms with Gasteiger partial charge in [-0.25, -0.2) is 4.99 Å². The van der Waals surface area contributed by atoms with Crippen molar-refractivity contribution in [1.29, 1.82) is 0 Å². The van der Waals surface area contributed by atoms with Crippen molar-refractivity contribution in [2.75, 3.05) is 0 Å². The lowest BCUT2D eigenvalue weighted by molar-refractivity contribution is 0.666. The van der Waals surface area contributed by atoms with Gasteiger partial charge >= 0.3 is 0 Å². The second-order valence-electron chi connectivity index (χ2n) is 16.6. The summed E-state index contributed by atoms with van der Waals surface area (Å²) in [5.41, 5.74) is 10.9. The van der Waals surface area contributed by atoms with Gasteiger partial charge in [-0.2, -0.15) is 0 Å². The van der Waals surface area contributed by atoms with Crippen LogP contribution in [0.4, 0.5) is 0 Å². The van der Waals surface area contributed by atoms with Crippen LogP contribution in [0.5, 0.6) is 0 Å². The zero-order chi connectivity index (χ0) is 42.7. The van der Waals surface area contributed by atoms with Crippen molar-refractivity contribution < 1.29 is 4.42 Å². The number of hydrogen-bond donors (Lipinski definition) is 0. The highest BCUT2D eigenvalue weighted by Gasteiger charge is 2.22. The number of furan rings is 1. The zero-order valence-corrected chi connectivity index (χ0v) is 35.2. The normalized spacial score (nSPS) is 13.0. The standard InChI is InChI=1S/C60H41N3O/c1-3-54(46-26-15-25-41(31-46)39-17-5-4-6-18-39)62-60(50-29-16-24-40-19-11-12-27-48(40)50)61-38(2)47-34-53-49-28-13-14-30-58(49)64-59(53)57(37-47)63-55-35-44-22-9-7-20-42(44)32-51(55)52-33-43-21-8-10-23-45(43)36-56(52)63/h3-37,54H,1H2,2H3/b61-38+,62-60-. The predicted molar refractivity (Wildman–Crippen MR) is 271 cm³/mol. The first-order valence-electron chi connectivity index (χ1n) is 21.8. The number of aliphatic imine (C=N–C) groups is 2. The molecular weight excluding hydrogens is 779 g/mol. The van der Waals surface area contributed by atoms with Gasteiger partial charge in [-0.1, -0.05) is 164 Å². The Kier molecular flexibility index (Phi) is 8.91. The highest BCUT2D eigenvalue weighted by Crippen LogP contribution is 2.41. The quantitative estimate of drug-likeness (QED) is 0.0897. The molecule has 12 rings (SSSR count). The van der Waals surface area contributed by atoms with Crippen LogP contribution in [-0.4, -0.2) is 16.1 Å². The van der Waals surface area contributed by atoms with E-state index >= 15 is 0 Å². The lowest BCUT2D eigenvalue weighted by atomic mass is 9.99. The molecule has 302 valence electrons. The molecule has 4 heteroatoms. The molecule has 1 atom stereocenters. The average Bonchev–Trinajstić information content (AvgIpc) is 3.88. The van der Waals surface area contributed by atoms with Gasteiger partial charge in [0.1, 0.15) is 5.58 Å². The van der Waals surface area contributed by atoms with Crippen LogP contribution < -0.4 is 0 Å². The minimum atomic E-state index is -0.354.